The average Bonchev–Trinajstić information content (AvgIpc) is 2.67. The fourth-order valence-electron chi connectivity index (χ4n) is 3.78. The number of guanidine groups is 1. The van der Waals surface area contributed by atoms with E-state index in [0.29, 0.717) is 12.6 Å². The first-order valence-electron chi connectivity index (χ1n) is 11.1. The Kier molecular flexibility index (Phi) is 9.98. The molecule has 0 bridgehead atoms. The molecule has 1 aliphatic heterocycles. The van der Waals surface area contributed by atoms with Gasteiger partial charge in [-0.05, 0) is 52.0 Å². The highest BCUT2D eigenvalue weighted by molar-refractivity contribution is 5.80. The summed E-state index contributed by atoms with van der Waals surface area (Å²) in [5.41, 5.74) is 3.96. The molecule has 0 radical (unpaired) electrons. The van der Waals surface area contributed by atoms with E-state index in [1.165, 1.54) is 16.7 Å². The smallest absolute Gasteiger partial charge is 0.234 e. The third kappa shape index (κ3) is 8.86. The number of rotatable bonds is 9. The summed E-state index contributed by atoms with van der Waals surface area (Å²) in [6, 6.07) is 7.10. The van der Waals surface area contributed by atoms with Gasteiger partial charge >= 0.3 is 0 Å². The maximum atomic E-state index is 11.9. The first-order valence-corrected chi connectivity index (χ1v) is 11.1. The van der Waals surface area contributed by atoms with Gasteiger partial charge in [0.05, 0.1) is 6.54 Å². The molecule has 162 valence electrons. The van der Waals surface area contributed by atoms with Crippen molar-refractivity contribution in [2.24, 2.45) is 4.99 Å². The van der Waals surface area contributed by atoms with Crippen molar-refractivity contribution < 1.29 is 4.79 Å². The normalized spacial score (nSPS) is 15.9. The van der Waals surface area contributed by atoms with Crippen molar-refractivity contribution in [2.45, 2.75) is 59.4 Å². The van der Waals surface area contributed by atoms with Crippen LogP contribution in [0.3, 0.4) is 0 Å². The van der Waals surface area contributed by atoms with E-state index in [-0.39, 0.29) is 5.91 Å². The Bertz CT molecular complexity index is 645. The molecule has 1 amide bonds. The lowest BCUT2D eigenvalue weighted by atomic mass is 10.0. The zero-order valence-corrected chi connectivity index (χ0v) is 18.7. The number of likely N-dealkylation sites (tertiary alicyclic amines) is 1. The summed E-state index contributed by atoms with van der Waals surface area (Å²) in [7, 11) is 0. The van der Waals surface area contributed by atoms with Gasteiger partial charge in [0.1, 0.15) is 0 Å². The van der Waals surface area contributed by atoms with Gasteiger partial charge in [-0.3, -0.25) is 14.7 Å². The van der Waals surface area contributed by atoms with E-state index in [4.69, 9.17) is 4.99 Å². The van der Waals surface area contributed by atoms with Crippen LogP contribution in [-0.2, 0) is 11.2 Å². The number of benzene rings is 1. The van der Waals surface area contributed by atoms with E-state index >= 15 is 0 Å². The molecule has 0 atom stereocenters. The number of aliphatic imine (C=N–C) groups is 1. The molecule has 1 fully saturated rings. The van der Waals surface area contributed by atoms with Gasteiger partial charge in [-0.25, -0.2) is 0 Å². The summed E-state index contributed by atoms with van der Waals surface area (Å²) in [6.45, 7) is 13.2. The fourth-order valence-corrected chi connectivity index (χ4v) is 3.78. The van der Waals surface area contributed by atoms with Crippen LogP contribution in [0.25, 0.3) is 0 Å². The molecule has 0 spiro atoms. The number of hydrogen-bond donors (Lipinski definition) is 3. The van der Waals surface area contributed by atoms with Crippen molar-refractivity contribution in [1.29, 1.82) is 0 Å². The number of carbonyl (C=O) groups is 1. The standard InChI is InChI=1S/C23H39N5O/c1-5-10-25-22(29)17-28-12-8-21(9-13-28)27-23(24-6-2)26-11-7-20-15-18(3)14-19(4)16-20/h14-16,21H,5-13,17H2,1-4H3,(H,25,29)(H2,24,26,27). The van der Waals surface area contributed by atoms with Crippen LogP contribution in [-0.4, -0.2) is 62.1 Å². The van der Waals surface area contributed by atoms with Crippen LogP contribution in [0.1, 0.15) is 49.8 Å². The monoisotopic (exact) mass is 401 g/mol. The average molecular weight is 402 g/mol. The van der Waals surface area contributed by atoms with Crippen LogP contribution in [0.5, 0.6) is 0 Å². The largest absolute Gasteiger partial charge is 0.357 e. The Labute approximate surface area is 176 Å². The summed E-state index contributed by atoms with van der Waals surface area (Å²) in [5.74, 6) is 1.04. The SMILES string of the molecule is CCCNC(=O)CN1CCC(NC(=NCCc2cc(C)cc(C)c2)NCC)CC1. The van der Waals surface area contributed by atoms with Crippen LogP contribution in [0, 0.1) is 13.8 Å². The third-order valence-electron chi connectivity index (χ3n) is 5.16. The van der Waals surface area contributed by atoms with E-state index in [9.17, 15) is 4.79 Å². The minimum atomic E-state index is 0.138. The molecule has 3 N–H and O–H groups in total. The van der Waals surface area contributed by atoms with Crippen molar-refractivity contribution in [1.82, 2.24) is 20.9 Å². The summed E-state index contributed by atoms with van der Waals surface area (Å²) in [4.78, 5) is 18.9. The lowest BCUT2D eigenvalue weighted by Gasteiger charge is -2.32. The van der Waals surface area contributed by atoms with Gasteiger partial charge in [-0.1, -0.05) is 36.2 Å². The molecule has 0 aliphatic carbocycles. The topological polar surface area (TPSA) is 68.8 Å². The van der Waals surface area contributed by atoms with E-state index in [1.54, 1.807) is 0 Å². The van der Waals surface area contributed by atoms with Crippen LogP contribution in [0.15, 0.2) is 23.2 Å². The number of piperidine rings is 1. The summed E-state index contributed by atoms with van der Waals surface area (Å²) in [6.07, 6.45) is 3.99. The molecular formula is C23H39N5O. The Morgan fingerprint density at radius 3 is 2.41 bits per heavy atom. The van der Waals surface area contributed by atoms with E-state index in [0.717, 1.165) is 64.4 Å². The van der Waals surface area contributed by atoms with Gasteiger partial charge in [0.15, 0.2) is 5.96 Å². The van der Waals surface area contributed by atoms with Crippen LogP contribution < -0.4 is 16.0 Å². The van der Waals surface area contributed by atoms with Gasteiger partial charge in [0.2, 0.25) is 5.91 Å². The van der Waals surface area contributed by atoms with Crippen molar-refractivity contribution in [3.63, 3.8) is 0 Å². The number of nitrogens with zero attached hydrogens (tertiary/aromatic N) is 2. The second-order valence-electron chi connectivity index (χ2n) is 8.05. The fraction of sp³-hybridized carbons (Fsp3) is 0.652. The van der Waals surface area contributed by atoms with Crippen molar-refractivity contribution in [2.75, 3.05) is 39.3 Å². The van der Waals surface area contributed by atoms with Crippen molar-refractivity contribution in [3.8, 4) is 0 Å². The van der Waals surface area contributed by atoms with Crippen LogP contribution >= 0.6 is 0 Å². The number of nitrogens with one attached hydrogen (secondary N) is 3. The first kappa shape index (κ1) is 23.2. The quantitative estimate of drug-likeness (QED) is 0.439. The molecule has 29 heavy (non-hydrogen) atoms. The molecule has 1 aromatic rings. The Morgan fingerprint density at radius 2 is 1.79 bits per heavy atom. The summed E-state index contributed by atoms with van der Waals surface area (Å²) >= 11 is 0. The molecule has 1 heterocycles. The molecule has 6 heteroatoms. The van der Waals surface area contributed by atoms with E-state index in [1.807, 2.05) is 0 Å². The number of amides is 1. The summed E-state index contributed by atoms with van der Waals surface area (Å²) in [5, 5.41) is 9.91. The number of aryl methyl sites for hydroxylation is 2. The van der Waals surface area contributed by atoms with Gasteiger partial charge in [-0.2, -0.15) is 0 Å². The predicted molar refractivity (Wildman–Crippen MR) is 121 cm³/mol. The minimum absolute atomic E-state index is 0.138. The van der Waals surface area contributed by atoms with Gasteiger partial charge < -0.3 is 16.0 Å². The maximum absolute atomic E-state index is 11.9. The Hall–Kier alpha value is -2.08. The highest BCUT2D eigenvalue weighted by Gasteiger charge is 2.21. The van der Waals surface area contributed by atoms with E-state index in [2.05, 4.69) is 66.7 Å². The molecule has 1 aliphatic rings. The highest BCUT2D eigenvalue weighted by atomic mass is 16.2. The lowest BCUT2D eigenvalue weighted by Crippen LogP contribution is -2.50. The highest BCUT2D eigenvalue weighted by Crippen LogP contribution is 2.11. The number of hydrogen-bond acceptors (Lipinski definition) is 3. The zero-order valence-electron chi connectivity index (χ0n) is 18.7. The van der Waals surface area contributed by atoms with Crippen molar-refractivity contribution in [3.05, 3.63) is 34.9 Å². The molecule has 1 saturated heterocycles. The zero-order chi connectivity index (χ0) is 21.1. The van der Waals surface area contributed by atoms with Gasteiger partial charge in [-0.15, -0.1) is 0 Å². The summed E-state index contributed by atoms with van der Waals surface area (Å²) < 4.78 is 0. The molecule has 0 unspecified atom stereocenters. The lowest BCUT2D eigenvalue weighted by molar-refractivity contribution is -0.122. The minimum Gasteiger partial charge on any atom is -0.357 e. The second kappa shape index (κ2) is 12.5. The van der Waals surface area contributed by atoms with Crippen molar-refractivity contribution >= 4 is 11.9 Å². The van der Waals surface area contributed by atoms with E-state index < -0.39 is 0 Å². The first-order chi connectivity index (χ1) is 14.0. The Morgan fingerprint density at radius 1 is 1.10 bits per heavy atom. The Balaban J connectivity index is 1.78. The number of carbonyl (C=O) groups excluding carboxylic acids is 1. The van der Waals surface area contributed by atoms with Crippen LogP contribution in [0.2, 0.25) is 0 Å². The molecular weight excluding hydrogens is 362 g/mol. The third-order valence-corrected chi connectivity index (χ3v) is 5.16. The molecule has 6 nitrogen and oxygen atoms in total. The predicted octanol–water partition coefficient (Wildman–Crippen LogP) is 2.39. The molecule has 0 saturated carbocycles. The molecule has 1 aromatic carbocycles. The molecule has 2 rings (SSSR count). The second-order valence-corrected chi connectivity index (χ2v) is 8.05. The molecule has 0 aromatic heterocycles. The van der Waals surface area contributed by atoms with Crippen LogP contribution in [0.4, 0.5) is 0 Å². The van der Waals surface area contributed by atoms with Gasteiger partial charge in [0.25, 0.3) is 0 Å². The maximum Gasteiger partial charge on any atom is 0.234 e. The van der Waals surface area contributed by atoms with Gasteiger partial charge in [0, 0.05) is 38.8 Å².